The molecular weight excluding hydrogens is 1150 g/mol. The number of carbonyl (C=O) groups excluding carboxylic acids is 4. The molecule has 0 aliphatic carbocycles. The van der Waals surface area contributed by atoms with Crippen molar-refractivity contribution in [2.75, 3.05) is 13.1 Å². The summed E-state index contributed by atoms with van der Waals surface area (Å²) in [7, 11) is 0. The molecule has 9 rings (SSSR count). The zero-order valence-electron chi connectivity index (χ0n) is 46.6. The number of amides is 4. The van der Waals surface area contributed by atoms with Crippen molar-refractivity contribution in [1.29, 1.82) is 0 Å². The maximum absolute atomic E-state index is 14.5. The number of carbonyl (C=O) groups is 4. The molecule has 8 bridgehead atoms. The van der Waals surface area contributed by atoms with Gasteiger partial charge in [-0.25, -0.2) is 19.9 Å². The normalized spacial score (nSPS) is 16.9. The maximum atomic E-state index is 14.5. The van der Waals surface area contributed by atoms with Gasteiger partial charge >= 0.3 is 39.0 Å². The van der Waals surface area contributed by atoms with Gasteiger partial charge in [0.1, 0.15) is 49.2 Å². The zero-order valence-corrected chi connectivity index (χ0v) is 52.6. The number of nitrogens with one attached hydrogen (secondary N) is 4. The molecule has 0 radical (unpaired) electrons. The smallest absolute Gasteiger partial charge is 0.446 e. The second-order valence-electron chi connectivity index (χ2n) is 20.6. The number of fused-ring (bicyclic) bond motifs is 8. The number of hydrogen-bond donors (Lipinski definition) is 4. The number of oxazole rings is 4. The van der Waals surface area contributed by atoms with Gasteiger partial charge in [0.15, 0.2) is 22.8 Å². The van der Waals surface area contributed by atoms with Crippen LogP contribution in [0.4, 0.5) is 0 Å². The van der Waals surface area contributed by atoms with Crippen LogP contribution in [-0.4, -0.2) is 86.4 Å². The molecule has 0 unspecified atom stereocenters. The first-order valence-electron chi connectivity index (χ1n) is 27.0. The summed E-state index contributed by atoms with van der Waals surface area (Å²) in [5.74, 6) is -1.90. The van der Waals surface area contributed by atoms with Gasteiger partial charge in [-0.2, -0.15) is 0 Å². The van der Waals surface area contributed by atoms with Gasteiger partial charge in [0.05, 0.1) is 22.8 Å². The molecule has 4 amide bonds. The number of aromatic nitrogens is 8. The number of rotatable bonds is 20. The first-order valence-corrected chi connectivity index (χ1v) is 27.0. The molecule has 8 aromatic heterocycles. The number of nitrogens with zero attached hydrogens (tertiary/aromatic N) is 10. The molecule has 0 aromatic carbocycles. The summed E-state index contributed by atoms with van der Waals surface area (Å²) in [6.07, 6.45) is 14.5. The first-order chi connectivity index (χ1) is 38.9. The third-order valence-corrected chi connectivity index (χ3v) is 13.2. The summed E-state index contributed by atoms with van der Waals surface area (Å²) in [6, 6.07) is 19.9. The van der Waals surface area contributed by atoms with E-state index in [0.717, 1.165) is 22.8 Å². The third-order valence-electron chi connectivity index (χ3n) is 13.2. The molecular formula is C58H66N14O8Zn2+4. The van der Waals surface area contributed by atoms with Gasteiger partial charge in [0.2, 0.25) is 23.6 Å². The van der Waals surface area contributed by atoms with Crippen LogP contribution >= 0.6 is 0 Å². The van der Waals surface area contributed by atoms with Crippen LogP contribution in [0.25, 0.3) is 0 Å². The topological polar surface area (TPSA) is 279 Å². The molecule has 82 heavy (non-hydrogen) atoms. The van der Waals surface area contributed by atoms with Gasteiger partial charge in [-0.15, -0.1) is 0 Å². The van der Waals surface area contributed by atoms with Gasteiger partial charge in [0.25, 0.3) is 23.6 Å². The molecule has 0 fully saturated rings. The second-order valence-corrected chi connectivity index (χ2v) is 20.6. The number of hydrogen-bond acceptors (Lipinski definition) is 18. The fourth-order valence-corrected chi connectivity index (χ4v) is 9.39. The minimum absolute atomic E-state index is 0. The van der Waals surface area contributed by atoms with Crippen molar-refractivity contribution < 1.29 is 75.8 Å². The molecule has 1 aliphatic rings. The van der Waals surface area contributed by atoms with Crippen molar-refractivity contribution in [3.05, 3.63) is 192 Å². The Bertz CT molecular complexity index is 3070. The van der Waals surface area contributed by atoms with Crippen molar-refractivity contribution in [3.8, 4) is 0 Å². The molecule has 0 spiro atoms. The van der Waals surface area contributed by atoms with Crippen LogP contribution < -0.4 is 21.3 Å². The van der Waals surface area contributed by atoms with Gasteiger partial charge < -0.3 is 38.9 Å². The summed E-state index contributed by atoms with van der Waals surface area (Å²) in [5.41, 5.74) is 3.30. The molecule has 0 saturated heterocycles. The fourth-order valence-electron chi connectivity index (χ4n) is 9.39. The van der Waals surface area contributed by atoms with Crippen molar-refractivity contribution in [3.63, 3.8) is 0 Å². The molecule has 1 aliphatic heterocycles. The van der Waals surface area contributed by atoms with E-state index in [0.29, 0.717) is 77.8 Å². The zero-order chi connectivity index (χ0) is 55.8. The van der Waals surface area contributed by atoms with E-state index in [1.807, 2.05) is 100 Å². The predicted molar refractivity (Wildman–Crippen MR) is 289 cm³/mol. The Kier molecular flexibility index (Phi) is 23.1. The summed E-state index contributed by atoms with van der Waals surface area (Å²) in [6.45, 7) is 11.2. The van der Waals surface area contributed by atoms with E-state index in [2.05, 4.69) is 70.9 Å². The Morgan fingerprint density at radius 1 is 0.415 bits per heavy atom. The molecule has 4 N–H and O–H groups in total. The summed E-state index contributed by atoms with van der Waals surface area (Å²) in [5, 5.41) is 12.0. The Morgan fingerprint density at radius 3 is 0.939 bits per heavy atom. The van der Waals surface area contributed by atoms with Crippen LogP contribution in [0.3, 0.4) is 0 Å². The monoisotopic (exact) mass is 1210 g/mol. The summed E-state index contributed by atoms with van der Waals surface area (Å²) in [4.78, 5) is 97.9. The third kappa shape index (κ3) is 17.7. The van der Waals surface area contributed by atoms with E-state index in [1.165, 1.54) is 25.1 Å². The Hall–Kier alpha value is -7.51. The standard InChI is InChI=1S/C58H66N14O8.2Zn/c1-37(2)27-45-57-69-48(35-79-57)52(74)64-43(19-13-25-71(29-39-15-5-9-21-59-39)30-40-16-6-10-22-60-40)55-67-47(33-77-55)51(73)63-44(20-14-26-72(31-41-17-7-11-23-61-41)32-42-18-8-12-24-62-42)56-68-49(34-78-56)53(75)65-46(28-38(3)4)58-70-50(36-80-58)54(76)66-45;;/h5-12,15-18,21-24,33-38,43-46H,13-14,19-20,25-32H2,1-4H3,(H,63,73)(H,64,74)(H,65,75)(H,66,76);;/q;2*+2/t43-,44-,45-,46-;;/m0../s1. The van der Waals surface area contributed by atoms with E-state index >= 15 is 0 Å². The average Bonchev–Trinajstić information content (AvgIpc) is 4.32. The summed E-state index contributed by atoms with van der Waals surface area (Å²) < 4.78 is 23.9. The van der Waals surface area contributed by atoms with E-state index in [4.69, 9.17) is 17.7 Å². The van der Waals surface area contributed by atoms with Gasteiger partial charge in [-0.1, -0.05) is 52.0 Å². The number of pyridine rings is 4. The molecule has 8 aromatic rings. The summed E-state index contributed by atoms with van der Waals surface area (Å²) >= 11 is 0. The molecule has 24 heteroatoms. The predicted octanol–water partition coefficient (Wildman–Crippen LogP) is 8.47. The van der Waals surface area contributed by atoms with Crippen molar-refractivity contribution in [2.24, 2.45) is 11.8 Å². The average molecular weight is 1220 g/mol. The minimum atomic E-state index is -0.860. The van der Waals surface area contributed by atoms with Crippen LogP contribution in [0.15, 0.2) is 140 Å². The SMILES string of the molecule is CC(C)C[C@@H]1NC(=O)c2coc(n2)[C@H](CCCN(Cc2ccccn2)Cc2ccccn2)NC(=O)c2coc(n2)[C@H](CCCN(Cc2ccccn2)Cc2ccccn2)NC(=O)c2coc(n2)[C@H](CC(C)C)NC(=O)c2coc1n2.[Zn+2].[Zn+2]. The van der Waals surface area contributed by atoms with Crippen molar-refractivity contribution in [2.45, 2.75) is 117 Å². The minimum Gasteiger partial charge on any atom is -0.446 e. The molecule has 4 atom stereocenters. The van der Waals surface area contributed by atoms with E-state index in [-0.39, 0.29) is 97.1 Å². The van der Waals surface area contributed by atoms with E-state index in [1.54, 1.807) is 24.8 Å². The van der Waals surface area contributed by atoms with Gasteiger partial charge in [-0.3, -0.25) is 48.9 Å². The molecule has 9 heterocycles. The quantitative estimate of drug-likeness (QED) is 0.0521. The van der Waals surface area contributed by atoms with E-state index in [9.17, 15) is 19.2 Å². The van der Waals surface area contributed by atoms with Crippen LogP contribution in [0.2, 0.25) is 0 Å². The van der Waals surface area contributed by atoms with Crippen molar-refractivity contribution in [1.82, 2.24) is 70.9 Å². The van der Waals surface area contributed by atoms with Crippen LogP contribution in [-0.2, 0) is 65.1 Å². The second kappa shape index (κ2) is 30.5. The van der Waals surface area contributed by atoms with E-state index < -0.39 is 47.8 Å². The molecule has 22 nitrogen and oxygen atoms in total. The van der Waals surface area contributed by atoms with Crippen LogP contribution in [0.1, 0.15) is 179 Å². The largest absolute Gasteiger partial charge is 2.00 e. The van der Waals surface area contributed by atoms with Gasteiger partial charge in [-0.05, 0) is 112 Å². The molecule has 0 saturated carbocycles. The van der Waals surface area contributed by atoms with Crippen LogP contribution in [0, 0.1) is 11.8 Å². The van der Waals surface area contributed by atoms with Crippen LogP contribution in [0.5, 0.6) is 0 Å². The Labute approximate surface area is 500 Å². The molecule has 416 valence electrons. The fraction of sp³-hybridized carbons (Fsp3) is 0.379. The Balaban J connectivity index is 0.00000484. The van der Waals surface area contributed by atoms with Crippen molar-refractivity contribution >= 4 is 23.6 Å². The Morgan fingerprint density at radius 2 is 0.683 bits per heavy atom. The maximum Gasteiger partial charge on any atom is 2.00 e. The van der Waals surface area contributed by atoms with Gasteiger partial charge in [0, 0.05) is 51.0 Å². The first kappa shape index (κ1) is 62.1.